The van der Waals surface area contributed by atoms with E-state index in [0.29, 0.717) is 18.3 Å². The zero-order valence-electron chi connectivity index (χ0n) is 13.4. The molecule has 0 bridgehead atoms. The minimum Gasteiger partial charge on any atom is -0.367 e. The highest BCUT2D eigenvalue weighted by atomic mass is 32.1. The fourth-order valence-electron chi connectivity index (χ4n) is 2.77. The molecular weight excluding hydrogens is 324 g/mol. The van der Waals surface area contributed by atoms with E-state index < -0.39 is 0 Å². The molecule has 0 saturated carbocycles. The quantitative estimate of drug-likeness (QED) is 0.726. The summed E-state index contributed by atoms with van der Waals surface area (Å²) in [5, 5.41) is 7.16. The van der Waals surface area contributed by atoms with Gasteiger partial charge in [0.25, 0.3) is 0 Å². The van der Waals surface area contributed by atoms with Gasteiger partial charge in [-0.15, -0.1) is 11.3 Å². The summed E-state index contributed by atoms with van der Waals surface area (Å²) < 4.78 is 10.8. The molecular formula is C17H18N4O2S. The number of benzene rings is 1. The average Bonchev–Trinajstić information content (AvgIpc) is 3.25. The van der Waals surface area contributed by atoms with E-state index >= 15 is 0 Å². The first kappa shape index (κ1) is 15.4. The lowest BCUT2D eigenvalue weighted by atomic mass is 10.2. The number of nitrogens with zero attached hydrogens (tertiary/aromatic N) is 4. The number of ether oxygens (including phenoxy) is 1. The Balaban J connectivity index is 1.43. The number of thiazole rings is 1. The molecule has 2 aromatic heterocycles. The van der Waals surface area contributed by atoms with Gasteiger partial charge in [-0.2, -0.15) is 4.98 Å². The molecule has 0 aliphatic carbocycles. The van der Waals surface area contributed by atoms with Crippen LogP contribution in [0.3, 0.4) is 0 Å². The van der Waals surface area contributed by atoms with E-state index in [0.717, 1.165) is 35.9 Å². The van der Waals surface area contributed by atoms with Gasteiger partial charge in [0.05, 0.1) is 12.3 Å². The van der Waals surface area contributed by atoms with Crippen molar-refractivity contribution in [1.29, 1.82) is 0 Å². The summed E-state index contributed by atoms with van der Waals surface area (Å²) in [5.41, 5.74) is 2.25. The Morgan fingerprint density at radius 3 is 2.92 bits per heavy atom. The molecule has 3 aromatic rings. The van der Waals surface area contributed by atoms with Crippen molar-refractivity contribution in [2.24, 2.45) is 0 Å². The average molecular weight is 342 g/mol. The Morgan fingerprint density at radius 2 is 2.12 bits per heavy atom. The van der Waals surface area contributed by atoms with Crippen LogP contribution in [0.1, 0.15) is 23.5 Å². The second kappa shape index (κ2) is 6.80. The number of rotatable bonds is 4. The van der Waals surface area contributed by atoms with Gasteiger partial charge in [-0.25, -0.2) is 4.98 Å². The molecule has 6 nitrogen and oxygen atoms in total. The monoisotopic (exact) mass is 342 g/mol. The lowest BCUT2D eigenvalue weighted by Gasteiger charge is -2.30. The molecule has 24 heavy (non-hydrogen) atoms. The normalized spacial score (nSPS) is 18.8. The molecule has 1 atom stereocenters. The predicted octanol–water partition coefficient (Wildman–Crippen LogP) is 3.08. The van der Waals surface area contributed by atoms with Gasteiger partial charge in [-0.3, -0.25) is 4.90 Å². The molecule has 1 aliphatic heterocycles. The van der Waals surface area contributed by atoms with Crippen LogP contribution in [0, 0.1) is 6.92 Å². The molecule has 1 saturated heterocycles. The van der Waals surface area contributed by atoms with Crippen LogP contribution in [0.25, 0.3) is 10.6 Å². The molecule has 0 spiro atoms. The van der Waals surface area contributed by atoms with Gasteiger partial charge in [0.15, 0.2) is 0 Å². The molecule has 1 fully saturated rings. The summed E-state index contributed by atoms with van der Waals surface area (Å²) in [5.74, 6) is 1.19. The highest BCUT2D eigenvalue weighted by molar-refractivity contribution is 7.13. The summed E-state index contributed by atoms with van der Waals surface area (Å²) in [6.07, 6.45) is -0.136. The highest BCUT2D eigenvalue weighted by Crippen LogP contribution is 2.25. The third-order valence-corrected chi connectivity index (χ3v) is 4.88. The first-order valence-corrected chi connectivity index (χ1v) is 8.80. The van der Waals surface area contributed by atoms with Crippen molar-refractivity contribution in [2.75, 3.05) is 19.7 Å². The number of hydrogen-bond acceptors (Lipinski definition) is 7. The topological polar surface area (TPSA) is 64.3 Å². The zero-order valence-corrected chi connectivity index (χ0v) is 14.2. The summed E-state index contributed by atoms with van der Waals surface area (Å²) >= 11 is 1.68. The van der Waals surface area contributed by atoms with Crippen LogP contribution in [0.4, 0.5) is 0 Å². The number of hydrogen-bond donors (Lipinski definition) is 0. The molecule has 7 heteroatoms. The molecule has 4 rings (SSSR count). The summed E-state index contributed by atoms with van der Waals surface area (Å²) in [7, 11) is 0. The summed E-state index contributed by atoms with van der Waals surface area (Å²) in [6.45, 7) is 4.88. The number of morpholine rings is 1. The van der Waals surface area contributed by atoms with Crippen molar-refractivity contribution in [1.82, 2.24) is 20.0 Å². The van der Waals surface area contributed by atoms with Crippen LogP contribution < -0.4 is 0 Å². The fraction of sp³-hybridized carbons (Fsp3) is 0.353. The Kier molecular flexibility index (Phi) is 4.38. The van der Waals surface area contributed by atoms with Gasteiger partial charge in [0.1, 0.15) is 11.1 Å². The summed E-state index contributed by atoms with van der Waals surface area (Å²) in [4.78, 5) is 11.4. The van der Waals surface area contributed by atoms with Crippen LogP contribution in [0.5, 0.6) is 0 Å². The molecule has 3 heterocycles. The second-order valence-corrected chi connectivity index (χ2v) is 6.63. The zero-order chi connectivity index (χ0) is 16.4. The van der Waals surface area contributed by atoms with Crippen LogP contribution in [0.2, 0.25) is 0 Å². The van der Waals surface area contributed by atoms with Gasteiger partial charge in [-0.05, 0) is 0 Å². The van der Waals surface area contributed by atoms with E-state index in [4.69, 9.17) is 14.2 Å². The SMILES string of the molecule is Cc1nc(C2CN(Cc3csc(-c4ccccc4)n3)CCO2)no1. The summed E-state index contributed by atoms with van der Waals surface area (Å²) in [6, 6.07) is 10.3. The van der Waals surface area contributed by atoms with E-state index in [2.05, 4.69) is 32.6 Å². The van der Waals surface area contributed by atoms with Gasteiger partial charge in [-0.1, -0.05) is 35.5 Å². The predicted molar refractivity (Wildman–Crippen MR) is 90.6 cm³/mol. The lowest BCUT2D eigenvalue weighted by molar-refractivity contribution is -0.0383. The molecule has 0 N–H and O–H groups in total. The van der Waals surface area contributed by atoms with Crippen LogP contribution in [-0.2, 0) is 11.3 Å². The maximum atomic E-state index is 5.78. The van der Waals surface area contributed by atoms with Gasteiger partial charge in [0.2, 0.25) is 11.7 Å². The van der Waals surface area contributed by atoms with Crippen molar-refractivity contribution < 1.29 is 9.26 Å². The smallest absolute Gasteiger partial charge is 0.223 e. The Hall–Kier alpha value is -2.09. The van der Waals surface area contributed by atoms with E-state index in [1.165, 1.54) is 0 Å². The third-order valence-electron chi connectivity index (χ3n) is 3.94. The first-order chi connectivity index (χ1) is 11.8. The fourth-order valence-corrected chi connectivity index (χ4v) is 3.59. The molecule has 0 amide bonds. The van der Waals surface area contributed by atoms with E-state index in [1.54, 1.807) is 18.3 Å². The molecule has 0 radical (unpaired) electrons. The van der Waals surface area contributed by atoms with Gasteiger partial charge < -0.3 is 9.26 Å². The van der Waals surface area contributed by atoms with E-state index in [-0.39, 0.29) is 6.10 Å². The third kappa shape index (κ3) is 3.38. The Labute approximate surface area is 144 Å². The molecule has 124 valence electrons. The standard InChI is InChI=1S/C17H18N4O2S/c1-12-18-16(20-23-12)15-10-21(7-8-22-15)9-14-11-24-17(19-14)13-5-3-2-4-6-13/h2-6,11,15H,7-10H2,1H3. The largest absolute Gasteiger partial charge is 0.367 e. The highest BCUT2D eigenvalue weighted by Gasteiger charge is 2.26. The van der Waals surface area contributed by atoms with Crippen molar-refractivity contribution in [3.63, 3.8) is 0 Å². The van der Waals surface area contributed by atoms with Crippen LogP contribution in [-0.4, -0.2) is 39.7 Å². The van der Waals surface area contributed by atoms with Crippen molar-refractivity contribution in [3.8, 4) is 10.6 Å². The molecule has 1 unspecified atom stereocenters. The Morgan fingerprint density at radius 1 is 1.25 bits per heavy atom. The number of aryl methyl sites for hydroxylation is 1. The van der Waals surface area contributed by atoms with E-state index in [1.807, 2.05) is 18.2 Å². The Bertz CT molecular complexity index is 802. The van der Waals surface area contributed by atoms with Crippen molar-refractivity contribution >= 4 is 11.3 Å². The van der Waals surface area contributed by atoms with Crippen LogP contribution in [0.15, 0.2) is 40.2 Å². The lowest BCUT2D eigenvalue weighted by Crippen LogP contribution is -2.38. The molecule has 1 aromatic carbocycles. The van der Waals surface area contributed by atoms with Crippen molar-refractivity contribution in [2.45, 2.75) is 19.6 Å². The second-order valence-electron chi connectivity index (χ2n) is 5.78. The van der Waals surface area contributed by atoms with Crippen LogP contribution >= 0.6 is 11.3 Å². The first-order valence-electron chi connectivity index (χ1n) is 7.92. The van der Waals surface area contributed by atoms with Crippen molar-refractivity contribution in [3.05, 3.63) is 53.1 Å². The van der Waals surface area contributed by atoms with Gasteiger partial charge >= 0.3 is 0 Å². The minimum absolute atomic E-state index is 0.136. The maximum absolute atomic E-state index is 5.78. The van der Waals surface area contributed by atoms with Gasteiger partial charge in [0, 0.05) is 37.5 Å². The van der Waals surface area contributed by atoms with E-state index in [9.17, 15) is 0 Å². The maximum Gasteiger partial charge on any atom is 0.223 e. The minimum atomic E-state index is -0.136. The number of aromatic nitrogens is 3. The molecule has 1 aliphatic rings.